The lowest BCUT2D eigenvalue weighted by Gasteiger charge is -2.26. The van der Waals surface area contributed by atoms with E-state index in [4.69, 9.17) is 0 Å². The van der Waals surface area contributed by atoms with Crippen molar-refractivity contribution in [3.05, 3.63) is 19.2 Å². The topological polar surface area (TPSA) is 57.6 Å². The normalized spacial score (nSPS) is 20.1. The number of nitrogens with zero attached hydrogens (tertiary/aromatic N) is 1. The van der Waals surface area contributed by atoms with Gasteiger partial charge in [-0.25, -0.2) is 4.79 Å². The van der Waals surface area contributed by atoms with Crippen LogP contribution in [0.5, 0.6) is 0 Å². The number of likely N-dealkylation sites (tertiary alicyclic amines) is 1. The van der Waals surface area contributed by atoms with E-state index in [1.165, 1.54) is 16.2 Å². The minimum atomic E-state index is -0.912. The van der Waals surface area contributed by atoms with Gasteiger partial charge in [-0.05, 0) is 50.8 Å². The summed E-state index contributed by atoms with van der Waals surface area (Å²) in [5, 5.41) is 9.28. The van der Waals surface area contributed by atoms with E-state index in [0.717, 1.165) is 27.5 Å². The Bertz CT molecular complexity index is 484. The average Bonchev–Trinajstić information content (AvgIpc) is 2.59. The van der Waals surface area contributed by atoms with Gasteiger partial charge in [-0.2, -0.15) is 0 Å². The van der Waals surface area contributed by atoms with Crippen molar-refractivity contribution in [2.24, 2.45) is 0 Å². The van der Waals surface area contributed by atoms with Crippen molar-refractivity contribution in [3.8, 4) is 0 Å². The minimum absolute atomic E-state index is 0.189. The maximum Gasteiger partial charge on any atom is 0.326 e. The smallest absolute Gasteiger partial charge is 0.326 e. The summed E-state index contributed by atoms with van der Waals surface area (Å²) < 4.78 is 1.67. The number of aliphatic carboxylic acids is 1. The van der Waals surface area contributed by atoms with Crippen LogP contribution in [0.3, 0.4) is 0 Å². The Hall–Kier alpha value is -0.400. The molecule has 1 aromatic rings. The van der Waals surface area contributed by atoms with Crippen molar-refractivity contribution >= 4 is 55.1 Å². The fourth-order valence-electron chi connectivity index (χ4n) is 2.20. The lowest BCUT2D eigenvalue weighted by atomic mass is 10.1. The summed E-state index contributed by atoms with van der Waals surface area (Å²) in [6, 6.07) is 1.04. The monoisotopic (exact) mass is 409 g/mol. The van der Waals surface area contributed by atoms with E-state index in [-0.39, 0.29) is 5.91 Å². The molecule has 0 saturated carbocycles. The number of carboxylic acid groups (broad SMARTS) is 1. The average molecular weight is 411 g/mol. The molecule has 2 heterocycles. The van der Waals surface area contributed by atoms with Crippen molar-refractivity contribution in [2.45, 2.75) is 31.7 Å². The molecule has 1 aliphatic heterocycles. The molecule has 1 aliphatic rings. The molecule has 1 atom stereocenters. The van der Waals surface area contributed by atoms with Crippen LogP contribution in [-0.2, 0) is 4.79 Å². The standard InChI is InChI=1S/C12H13Br2NO3S/c13-7-6-9(19-10(7)14)11(16)15-5-3-1-2-4-8(15)12(17)18/h6,8H,1-5H2,(H,17,18). The van der Waals surface area contributed by atoms with E-state index in [1.54, 1.807) is 6.07 Å². The second-order valence-corrected chi connectivity index (χ2v) is 7.66. The van der Waals surface area contributed by atoms with E-state index in [9.17, 15) is 14.7 Å². The molecule has 0 spiro atoms. The maximum atomic E-state index is 12.5. The summed E-state index contributed by atoms with van der Waals surface area (Å²) in [7, 11) is 0. The Balaban J connectivity index is 2.25. The van der Waals surface area contributed by atoms with Gasteiger partial charge in [0.2, 0.25) is 0 Å². The molecule has 4 nitrogen and oxygen atoms in total. The molecular weight excluding hydrogens is 398 g/mol. The van der Waals surface area contributed by atoms with Crippen LogP contribution in [0.25, 0.3) is 0 Å². The Kier molecular flexibility index (Phi) is 5.03. The van der Waals surface area contributed by atoms with Crippen LogP contribution in [0, 0.1) is 0 Å². The zero-order valence-electron chi connectivity index (χ0n) is 10.1. The molecule has 1 N–H and O–H groups in total. The predicted molar refractivity (Wildman–Crippen MR) is 80.6 cm³/mol. The summed E-state index contributed by atoms with van der Waals surface area (Å²) in [6.07, 6.45) is 3.24. The van der Waals surface area contributed by atoms with Gasteiger partial charge in [0, 0.05) is 11.0 Å². The van der Waals surface area contributed by atoms with Crippen molar-refractivity contribution in [2.75, 3.05) is 6.54 Å². The summed E-state index contributed by atoms with van der Waals surface area (Å²) in [5.41, 5.74) is 0. The molecule has 7 heteroatoms. The summed E-state index contributed by atoms with van der Waals surface area (Å²) in [5.74, 6) is -1.10. The third kappa shape index (κ3) is 3.38. The quantitative estimate of drug-likeness (QED) is 0.807. The second-order valence-electron chi connectivity index (χ2n) is 4.43. The fraction of sp³-hybridized carbons (Fsp3) is 0.500. The van der Waals surface area contributed by atoms with Gasteiger partial charge in [0.1, 0.15) is 6.04 Å². The number of carbonyl (C=O) groups is 2. The summed E-state index contributed by atoms with van der Waals surface area (Å²) in [6.45, 7) is 0.517. The van der Waals surface area contributed by atoms with E-state index in [1.807, 2.05) is 0 Å². The molecule has 2 rings (SSSR count). The van der Waals surface area contributed by atoms with Crippen LogP contribution in [0.1, 0.15) is 35.4 Å². The SMILES string of the molecule is O=C(O)C1CCCCCN1C(=O)c1cc(Br)c(Br)s1. The molecule has 0 radical (unpaired) electrons. The lowest BCUT2D eigenvalue weighted by molar-refractivity contribution is -0.142. The van der Waals surface area contributed by atoms with Crippen molar-refractivity contribution < 1.29 is 14.7 Å². The first-order valence-corrected chi connectivity index (χ1v) is 8.39. The van der Waals surface area contributed by atoms with Crippen LogP contribution in [0.2, 0.25) is 0 Å². The molecule has 1 saturated heterocycles. The van der Waals surface area contributed by atoms with Gasteiger partial charge >= 0.3 is 5.97 Å². The summed E-state index contributed by atoms with van der Waals surface area (Å²) in [4.78, 5) is 25.8. The van der Waals surface area contributed by atoms with Crippen molar-refractivity contribution in [1.82, 2.24) is 4.90 Å². The van der Waals surface area contributed by atoms with Crippen LogP contribution < -0.4 is 0 Å². The highest BCUT2D eigenvalue weighted by atomic mass is 79.9. The Morgan fingerprint density at radius 3 is 2.63 bits per heavy atom. The van der Waals surface area contributed by atoms with E-state index < -0.39 is 12.0 Å². The first kappa shape index (κ1) is 15.0. The molecule has 104 valence electrons. The van der Waals surface area contributed by atoms with Crippen LogP contribution in [0.4, 0.5) is 0 Å². The van der Waals surface area contributed by atoms with Crippen molar-refractivity contribution in [1.29, 1.82) is 0 Å². The van der Waals surface area contributed by atoms with Gasteiger partial charge in [-0.3, -0.25) is 4.79 Å². The molecule has 0 aliphatic carbocycles. The second kappa shape index (κ2) is 6.37. The molecule has 0 aromatic carbocycles. The first-order chi connectivity index (χ1) is 9.00. The third-order valence-electron chi connectivity index (χ3n) is 3.15. The van der Waals surface area contributed by atoms with E-state index in [0.29, 0.717) is 17.8 Å². The molecule has 1 aromatic heterocycles. The molecule has 19 heavy (non-hydrogen) atoms. The van der Waals surface area contributed by atoms with Gasteiger partial charge in [0.05, 0.1) is 8.66 Å². The highest BCUT2D eigenvalue weighted by Crippen LogP contribution is 2.33. The first-order valence-electron chi connectivity index (χ1n) is 5.99. The molecule has 1 amide bonds. The third-order valence-corrected chi connectivity index (χ3v) is 6.40. The molecule has 0 bridgehead atoms. The van der Waals surface area contributed by atoms with Gasteiger partial charge < -0.3 is 10.0 Å². The van der Waals surface area contributed by atoms with E-state index in [2.05, 4.69) is 31.9 Å². The van der Waals surface area contributed by atoms with Crippen molar-refractivity contribution in [3.63, 3.8) is 0 Å². The number of hydrogen-bond acceptors (Lipinski definition) is 3. The van der Waals surface area contributed by atoms with Crippen LogP contribution in [-0.4, -0.2) is 34.5 Å². The number of hydrogen-bond donors (Lipinski definition) is 1. The zero-order chi connectivity index (χ0) is 14.0. The number of amides is 1. The van der Waals surface area contributed by atoms with Gasteiger partial charge in [0.25, 0.3) is 5.91 Å². The number of rotatable bonds is 2. The molecule has 1 unspecified atom stereocenters. The number of carboxylic acids is 1. The van der Waals surface area contributed by atoms with E-state index >= 15 is 0 Å². The highest BCUT2D eigenvalue weighted by molar-refractivity contribution is 9.13. The molecule has 1 fully saturated rings. The van der Waals surface area contributed by atoms with Gasteiger partial charge in [0.15, 0.2) is 0 Å². The highest BCUT2D eigenvalue weighted by Gasteiger charge is 2.32. The fourth-order valence-corrected chi connectivity index (χ4v) is 4.19. The van der Waals surface area contributed by atoms with Crippen LogP contribution in [0.15, 0.2) is 14.3 Å². The minimum Gasteiger partial charge on any atom is -0.480 e. The number of halogens is 2. The largest absolute Gasteiger partial charge is 0.480 e. The van der Waals surface area contributed by atoms with Crippen LogP contribution >= 0.6 is 43.2 Å². The van der Waals surface area contributed by atoms with Gasteiger partial charge in [-0.15, -0.1) is 11.3 Å². The van der Waals surface area contributed by atoms with Gasteiger partial charge in [-0.1, -0.05) is 12.8 Å². The Morgan fingerprint density at radius 2 is 2.05 bits per heavy atom. The zero-order valence-corrected chi connectivity index (χ0v) is 14.1. The number of carbonyl (C=O) groups excluding carboxylic acids is 1. The predicted octanol–water partition coefficient (Wildman–Crippen LogP) is 3.74. The summed E-state index contributed by atoms with van der Waals surface area (Å²) >= 11 is 8.02. The Morgan fingerprint density at radius 1 is 1.32 bits per heavy atom. The maximum absolute atomic E-state index is 12.5. The number of thiophene rings is 1. The lowest BCUT2D eigenvalue weighted by Crippen LogP contribution is -2.44. The Labute approximate surface area is 132 Å². The molecular formula is C12H13Br2NO3S.